The zero-order chi connectivity index (χ0) is 16.5. The lowest BCUT2D eigenvalue weighted by molar-refractivity contribution is -0.131. The summed E-state index contributed by atoms with van der Waals surface area (Å²) in [5.74, 6) is 1.20. The van der Waals surface area contributed by atoms with Crippen LogP contribution in [0.1, 0.15) is 37.7 Å². The molecule has 4 rings (SSSR count). The largest absolute Gasteiger partial charge is 0.362 e. The molecule has 5 nitrogen and oxygen atoms in total. The van der Waals surface area contributed by atoms with E-state index in [1.54, 1.807) is 0 Å². The molecule has 1 aromatic carbocycles. The third kappa shape index (κ3) is 2.99. The number of para-hydroxylation sites is 1. The number of rotatable bonds is 3. The van der Waals surface area contributed by atoms with E-state index >= 15 is 0 Å². The molecule has 128 valence electrons. The maximum atomic E-state index is 12.3. The number of hydrazine groups is 1. The van der Waals surface area contributed by atoms with Crippen molar-refractivity contribution in [2.45, 2.75) is 38.5 Å². The minimum Gasteiger partial charge on any atom is -0.362 e. The van der Waals surface area contributed by atoms with E-state index in [0.29, 0.717) is 5.92 Å². The quantitative estimate of drug-likeness (QED) is 0.835. The Kier molecular flexibility index (Phi) is 4.17. The van der Waals surface area contributed by atoms with Gasteiger partial charge >= 0.3 is 0 Å². The third-order valence-corrected chi connectivity index (χ3v) is 5.94. The van der Waals surface area contributed by atoms with Crippen molar-refractivity contribution >= 4 is 17.5 Å². The fourth-order valence-electron chi connectivity index (χ4n) is 4.78. The van der Waals surface area contributed by atoms with Gasteiger partial charge in [-0.05, 0) is 55.6 Å². The Morgan fingerprint density at radius 1 is 1.12 bits per heavy atom. The molecule has 2 fully saturated rings. The summed E-state index contributed by atoms with van der Waals surface area (Å²) in [4.78, 5) is 26.6. The molecule has 2 bridgehead atoms. The van der Waals surface area contributed by atoms with Gasteiger partial charge < -0.3 is 4.90 Å². The molecule has 0 saturated heterocycles. The number of carbonyl (C=O) groups is 2. The van der Waals surface area contributed by atoms with Gasteiger partial charge in [0.25, 0.3) is 5.91 Å². The first-order valence-electron chi connectivity index (χ1n) is 9.12. The van der Waals surface area contributed by atoms with Crippen molar-refractivity contribution in [3.8, 4) is 0 Å². The fourth-order valence-corrected chi connectivity index (χ4v) is 4.78. The van der Waals surface area contributed by atoms with Crippen molar-refractivity contribution in [3.05, 3.63) is 29.8 Å². The summed E-state index contributed by atoms with van der Waals surface area (Å²) in [6.07, 6.45) is 6.75. The summed E-state index contributed by atoms with van der Waals surface area (Å²) in [6.45, 7) is 1.17. The standard InChI is InChI=1S/C19H25N3O2/c23-18(12-22-9-3-5-14-4-1-2-6-17(14)22)20-21-19(24)16-11-13-7-8-15(16)10-13/h1-2,4,6,13,15-16H,3,5,7-12H2,(H,20,23)(H,21,24). The molecule has 0 radical (unpaired) electrons. The lowest BCUT2D eigenvalue weighted by Gasteiger charge is -2.30. The van der Waals surface area contributed by atoms with E-state index in [0.717, 1.165) is 37.4 Å². The van der Waals surface area contributed by atoms with Crippen LogP contribution in [0.3, 0.4) is 0 Å². The molecule has 3 unspecified atom stereocenters. The molecule has 3 aliphatic rings. The molecule has 2 saturated carbocycles. The number of benzene rings is 1. The van der Waals surface area contributed by atoms with Crippen LogP contribution in [-0.4, -0.2) is 24.9 Å². The number of hydrogen-bond acceptors (Lipinski definition) is 3. The molecule has 5 heteroatoms. The van der Waals surface area contributed by atoms with Crippen molar-refractivity contribution in [3.63, 3.8) is 0 Å². The van der Waals surface area contributed by atoms with Gasteiger partial charge in [0.05, 0.1) is 6.54 Å². The highest BCUT2D eigenvalue weighted by atomic mass is 16.2. The van der Waals surface area contributed by atoms with E-state index < -0.39 is 0 Å². The summed E-state index contributed by atoms with van der Waals surface area (Å²) in [5.41, 5.74) is 7.71. The van der Waals surface area contributed by atoms with E-state index in [1.807, 2.05) is 12.1 Å². The Bertz CT molecular complexity index is 645. The zero-order valence-electron chi connectivity index (χ0n) is 14.0. The number of nitrogens with one attached hydrogen (secondary N) is 2. The van der Waals surface area contributed by atoms with Crippen LogP contribution in [0, 0.1) is 17.8 Å². The van der Waals surface area contributed by atoms with Gasteiger partial charge in [-0.15, -0.1) is 0 Å². The van der Waals surface area contributed by atoms with Crippen molar-refractivity contribution in [1.29, 1.82) is 0 Å². The Labute approximate surface area is 142 Å². The smallest absolute Gasteiger partial charge is 0.257 e. The van der Waals surface area contributed by atoms with Gasteiger partial charge in [-0.25, -0.2) is 0 Å². The predicted molar refractivity (Wildman–Crippen MR) is 92.2 cm³/mol. The van der Waals surface area contributed by atoms with E-state index in [-0.39, 0.29) is 24.3 Å². The molecule has 2 amide bonds. The highest BCUT2D eigenvalue weighted by Gasteiger charge is 2.43. The maximum absolute atomic E-state index is 12.3. The molecule has 24 heavy (non-hydrogen) atoms. The summed E-state index contributed by atoms with van der Waals surface area (Å²) < 4.78 is 0. The Balaban J connectivity index is 1.29. The van der Waals surface area contributed by atoms with E-state index in [2.05, 4.69) is 27.9 Å². The van der Waals surface area contributed by atoms with Crippen LogP contribution in [0.4, 0.5) is 5.69 Å². The molecule has 1 aliphatic heterocycles. The lowest BCUT2D eigenvalue weighted by atomic mass is 9.88. The van der Waals surface area contributed by atoms with Crippen LogP contribution in [0.15, 0.2) is 24.3 Å². The van der Waals surface area contributed by atoms with E-state index in [9.17, 15) is 9.59 Å². The lowest BCUT2D eigenvalue weighted by Crippen LogP contribution is -2.49. The van der Waals surface area contributed by atoms with Crippen molar-refractivity contribution < 1.29 is 9.59 Å². The summed E-state index contributed by atoms with van der Waals surface area (Å²) in [5, 5.41) is 0. The van der Waals surface area contributed by atoms with Crippen LogP contribution in [-0.2, 0) is 16.0 Å². The van der Waals surface area contributed by atoms with Crippen LogP contribution in [0.5, 0.6) is 0 Å². The zero-order valence-corrected chi connectivity index (χ0v) is 14.0. The summed E-state index contributed by atoms with van der Waals surface area (Å²) in [6, 6.07) is 8.23. The molecule has 0 aromatic heterocycles. The molecular weight excluding hydrogens is 302 g/mol. The van der Waals surface area contributed by atoms with Gasteiger partial charge in [-0.2, -0.15) is 0 Å². The number of carbonyl (C=O) groups excluding carboxylic acids is 2. The van der Waals surface area contributed by atoms with Crippen LogP contribution < -0.4 is 15.8 Å². The topological polar surface area (TPSA) is 61.4 Å². The van der Waals surface area contributed by atoms with Gasteiger partial charge in [0, 0.05) is 18.2 Å². The number of aryl methyl sites for hydroxylation is 1. The van der Waals surface area contributed by atoms with Gasteiger partial charge in [0.1, 0.15) is 0 Å². The number of nitrogens with zero attached hydrogens (tertiary/aromatic N) is 1. The molecule has 3 atom stereocenters. The highest BCUT2D eigenvalue weighted by molar-refractivity contribution is 5.86. The minimum atomic E-state index is -0.150. The maximum Gasteiger partial charge on any atom is 0.257 e. The first-order chi connectivity index (χ1) is 11.7. The number of fused-ring (bicyclic) bond motifs is 3. The second-order valence-corrected chi connectivity index (χ2v) is 7.47. The van der Waals surface area contributed by atoms with Crippen molar-refractivity contribution in [2.24, 2.45) is 17.8 Å². The number of amides is 2. The van der Waals surface area contributed by atoms with Gasteiger partial charge in [-0.3, -0.25) is 20.4 Å². The fraction of sp³-hybridized carbons (Fsp3) is 0.579. The Morgan fingerprint density at radius 2 is 2.00 bits per heavy atom. The second kappa shape index (κ2) is 6.46. The van der Waals surface area contributed by atoms with Crippen molar-refractivity contribution in [1.82, 2.24) is 10.9 Å². The molecular formula is C19H25N3O2. The van der Waals surface area contributed by atoms with Crippen LogP contribution >= 0.6 is 0 Å². The van der Waals surface area contributed by atoms with Crippen molar-refractivity contribution in [2.75, 3.05) is 18.0 Å². The van der Waals surface area contributed by atoms with Crippen LogP contribution in [0.25, 0.3) is 0 Å². The molecule has 1 heterocycles. The van der Waals surface area contributed by atoms with Gasteiger partial charge in [-0.1, -0.05) is 24.6 Å². The molecule has 0 spiro atoms. The van der Waals surface area contributed by atoms with Crippen LogP contribution in [0.2, 0.25) is 0 Å². The molecule has 2 aliphatic carbocycles. The van der Waals surface area contributed by atoms with Gasteiger partial charge in [0.15, 0.2) is 0 Å². The molecule has 1 aromatic rings. The summed E-state index contributed by atoms with van der Waals surface area (Å²) in [7, 11) is 0. The third-order valence-electron chi connectivity index (χ3n) is 5.94. The minimum absolute atomic E-state index is 0.00501. The number of hydrogen-bond donors (Lipinski definition) is 2. The predicted octanol–water partition coefficient (Wildman–Crippen LogP) is 2.02. The normalized spacial score (nSPS) is 27.7. The highest BCUT2D eigenvalue weighted by Crippen LogP contribution is 2.48. The number of anilines is 1. The first kappa shape index (κ1) is 15.5. The SMILES string of the molecule is O=C(CN1CCCc2ccccc21)NNC(=O)C1CC2CCC1C2. The Hall–Kier alpha value is -2.04. The second-order valence-electron chi connectivity index (χ2n) is 7.47. The average molecular weight is 327 g/mol. The molecule has 2 N–H and O–H groups in total. The van der Waals surface area contributed by atoms with E-state index in [4.69, 9.17) is 0 Å². The first-order valence-corrected chi connectivity index (χ1v) is 9.12. The average Bonchev–Trinajstić information content (AvgIpc) is 3.23. The summed E-state index contributed by atoms with van der Waals surface area (Å²) >= 11 is 0. The monoisotopic (exact) mass is 327 g/mol. The van der Waals surface area contributed by atoms with E-state index in [1.165, 1.54) is 24.8 Å². The van der Waals surface area contributed by atoms with Gasteiger partial charge in [0.2, 0.25) is 5.91 Å². The Morgan fingerprint density at radius 3 is 2.79 bits per heavy atom.